The monoisotopic (exact) mass is 934 g/mol. The van der Waals surface area contributed by atoms with Crippen LogP contribution in [0.2, 0.25) is 0 Å². The van der Waals surface area contributed by atoms with Gasteiger partial charge in [0.05, 0.1) is 22.1 Å². The molecule has 6 aliphatic rings. The van der Waals surface area contributed by atoms with Gasteiger partial charge in [-0.15, -0.1) is 0 Å². The van der Waals surface area contributed by atoms with Gasteiger partial charge in [0.15, 0.2) is 0 Å². The number of rotatable bonds is 6. The number of fused-ring (bicyclic) bond motifs is 12. The van der Waals surface area contributed by atoms with Crippen molar-refractivity contribution in [2.75, 3.05) is 4.90 Å². The van der Waals surface area contributed by atoms with Crippen molar-refractivity contribution in [3.05, 3.63) is 276 Å². The minimum Gasteiger partial charge on any atom is -0.310 e. The molecule has 1 heterocycles. The SMILES string of the molecule is c1ccc(-c2ccc(N(c3ccc(-c4ccccc4-n4c5ccccc5c5ccccc54)cc3)c3ccc4c(c3)C3(c5ccccc5C45c4ccccc4-c4ccccc45)C4C[C@H]5CC3C[C@@H](C4)C5)cc2)cc1. The summed E-state index contributed by atoms with van der Waals surface area (Å²) in [6.45, 7) is 0. The van der Waals surface area contributed by atoms with Crippen molar-refractivity contribution in [2.45, 2.75) is 42.9 Å². The summed E-state index contributed by atoms with van der Waals surface area (Å²) >= 11 is 0. The quantitative estimate of drug-likeness (QED) is 0.161. The molecule has 0 saturated heterocycles. The predicted octanol–water partition coefficient (Wildman–Crippen LogP) is 18.0. The Balaban J connectivity index is 0.914. The molecule has 73 heavy (non-hydrogen) atoms. The second-order valence-electron chi connectivity index (χ2n) is 22.0. The zero-order valence-electron chi connectivity index (χ0n) is 40.8. The summed E-state index contributed by atoms with van der Waals surface area (Å²) in [4.78, 5) is 2.55. The maximum atomic E-state index is 2.70. The molecule has 4 bridgehead atoms. The van der Waals surface area contributed by atoms with E-state index in [-0.39, 0.29) is 5.41 Å². The van der Waals surface area contributed by atoms with Crippen LogP contribution in [0.15, 0.2) is 243 Å². The van der Waals surface area contributed by atoms with Gasteiger partial charge in [-0.25, -0.2) is 0 Å². The molecule has 11 aromatic rings. The van der Waals surface area contributed by atoms with Crippen LogP contribution < -0.4 is 4.90 Å². The van der Waals surface area contributed by atoms with Crippen molar-refractivity contribution in [3.8, 4) is 39.1 Å². The lowest BCUT2D eigenvalue weighted by Crippen LogP contribution is -2.59. The minimum atomic E-state index is -0.425. The number of hydrogen-bond donors (Lipinski definition) is 0. The summed E-state index contributed by atoms with van der Waals surface area (Å²) in [5.41, 5.74) is 23.2. The summed E-state index contributed by atoms with van der Waals surface area (Å²) in [5, 5.41) is 2.54. The van der Waals surface area contributed by atoms with E-state index in [0.717, 1.165) is 23.2 Å². The Labute approximate surface area is 427 Å². The Morgan fingerprint density at radius 2 is 0.781 bits per heavy atom. The molecule has 0 unspecified atom stereocenters. The van der Waals surface area contributed by atoms with Crippen LogP contribution in [0.3, 0.4) is 0 Å². The van der Waals surface area contributed by atoms with Gasteiger partial charge in [-0.2, -0.15) is 0 Å². The van der Waals surface area contributed by atoms with E-state index < -0.39 is 5.41 Å². The van der Waals surface area contributed by atoms with E-state index in [1.165, 1.54) is 121 Å². The maximum Gasteiger partial charge on any atom is 0.0719 e. The molecule has 4 saturated carbocycles. The molecule has 10 aromatic carbocycles. The van der Waals surface area contributed by atoms with E-state index in [4.69, 9.17) is 0 Å². The first kappa shape index (κ1) is 41.4. The van der Waals surface area contributed by atoms with Crippen LogP contribution in [0.25, 0.3) is 60.9 Å². The molecule has 4 fully saturated rings. The van der Waals surface area contributed by atoms with Gasteiger partial charge in [-0.05, 0) is 172 Å². The van der Waals surface area contributed by atoms with E-state index in [9.17, 15) is 0 Å². The van der Waals surface area contributed by atoms with Crippen LogP contribution in [0.1, 0.15) is 65.5 Å². The van der Waals surface area contributed by atoms with Crippen LogP contribution in [-0.2, 0) is 10.8 Å². The summed E-state index contributed by atoms with van der Waals surface area (Å²) in [6.07, 6.45) is 6.73. The molecule has 2 nitrogen and oxygen atoms in total. The van der Waals surface area contributed by atoms with Crippen molar-refractivity contribution >= 4 is 38.9 Å². The normalized spacial score (nSPS) is 21.3. The highest BCUT2D eigenvalue weighted by atomic mass is 15.1. The summed E-state index contributed by atoms with van der Waals surface area (Å²) in [5.74, 6) is 2.90. The first-order chi connectivity index (χ1) is 36.2. The zero-order chi connectivity index (χ0) is 47.8. The number of anilines is 3. The van der Waals surface area contributed by atoms with Gasteiger partial charge in [0.1, 0.15) is 0 Å². The third kappa shape index (κ3) is 5.70. The van der Waals surface area contributed by atoms with Gasteiger partial charge in [-0.1, -0.05) is 188 Å². The molecule has 6 aliphatic carbocycles. The molecule has 2 heteroatoms. The van der Waals surface area contributed by atoms with Gasteiger partial charge >= 0.3 is 0 Å². The van der Waals surface area contributed by atoms with Crippen LogP contribution in [0, 0.1) is 23.7 Å². The fraction of sp³-hybridized carbons (Fsp3) is 0.155. The Hall–Kier alpha value is -8.20. The molecule has 0 atom stereocenters. The fourth-order valence-corrected chi connectivity index (χ4v) is 16.2. The van der Waals surface area contributed by atoms with Gasteiger partial charge < -0.3 is 9.47 Å². The smallest absolute Gasteiger partial charge is 0.0719 e. The summed E-state index contributed by atoms with van der Waals surface area (Å²) in [7, 11) is 0. The van der Waals surface area contributed by atoms with E-state index in [1.54, 1.807) is 11.1 Å². The maximum absolute atomic E-state index is 2.70. The molecular weight excluding hydrogens is 881 g/mol. The second-order valence-corrected chi connectivity index (χ2v) is 22.0. The van der Waals surface area contributed by atoms with E-state index in [0.29, 0.717) is 11.8 Å². The van der Waals surface area contributed by atoms with Crippen molar-refractivity contribution in [3.63, 3.8) is 0 Å². The highest BCUT2D eigenvalue weighted by Gasteiger charge is 2.64. The standard InChI is InChI=1S/C71H54N2/c1-2-16-48(17-3-1)49-30-34-53(35-31-49)72(54-36-32-50(33-37-54)56-18-6-13-27-67(56)73-68-28-14-7-21-59(68)60-22-8-15-29-69(60)73)55-38-39-65-66(45-55)70(51-41-46-40-47(43-51)44-52(70)42-46)63-25-11-12-26-64(63)71(65)61-23-9-4-19-57(61)58-20-5-10-24-62(58)71/h1-39,45-47,51-52H,40-44H2/t46-,47+,51?,52?,70?. The van der Waals surface area contributed by atoms with E-state index >= 15 is 0 Å². The average Bonchev–Trinajstić information content (AvgIpc) is 3.94. The van der Waals surface area contributed by atoms with Gasteiger partial charge in [0.2, 0.25) is 0 Å². The number of para-hydroxylation sites is 3. The lowest BCUT2D eigenvalue weighted by atomic mass is 9.38. The molecule has 348 valence electrons. The van der Waals surface area contributed by atoms with Gasteiger partial charge in [0, 0.05) is 38.8 Å². The highest BCUT2D eigenvalue weighted by Crippen LogP contribution is 2.71. The summed E-state index contributed by atoms with van der Waals surface area (Å²) in [6, 6.07) is 92.3. The lowest BCUT2D eigenvalue weighted by molar-refractivity contribution is -0.0440. The van der Waals surface area contributed by atoms with Crippen LogP contribution in [0.4, 0.5) is 17.1 Å². The molecule has 0 aliphatic heterocycles. The molecule has 2 spiro atoms. The topological polar surface area (TPSA) is 8.17 Å². The Kier molecular flexibility index (Phi) is 8.88. The van der Waals surface area contributed by atoms with Gasteiger partial charge in [0.25, 0.3) is 0 Å². The molecule has 0 radical (unpaired) electrons. The largest absolute Gasteiger partial charge is 0.310 e. The number of aromatic nitrogens is 1. The van der Waals surface area contributed by atoms with Crippen molar-refractivity contribution in [1.29, 1.82) is 0 Å². The van der Waals surface area contributed by atoms with Crippen molar-refractivity contribution in [2.24, 2.45) is 23.7 Å². The minimum absolute atomic E-state index is 0.0731. The van der Waals surface area contributed by atoms with Crippen LogP contribution >= 0.6 is 0 Å². The predicted molar refractivity (Wildman–Crippen MR) is 301 cm³/mol. The molecular formula is C71H54N2. The first-order valence-corrected chi connectivity index (χ1v) is 26.8. The van der Waals surface area contributed by atoms with E-state index in [1.807, 2.05) is 0 Å². The summed E-state index contributed by atoms with van der Waals surface area (Å²) < 4.78 is 2.45. The number of hydrogen-bond acceptors (Lipinski definition) is 1. The second kappa shape index (κ2) is 15.6. The van der Waals surface area contributed by atoms with Crippen molar-refractivity contribution < 1.29 is 0 Å². The molecule has 17 rings (SSSR count). The Morgan fingerprint density at radius 3 is 1.40 bits per heavy atom. The number of nitrogens with zero attached hydrogens (tertiary/aromatic N) is 2. The molecule has 0 N–H and O–H groups in total. The van der Waals surface area contributed by atoms with Crippen LogP contribution in [0.5, 0.6) is 0 Å². The van der Waals surface area contributed by atoms with Crippen molar-refractivity contribution in [1.82, 2.24) is 4.57 Å². The Bertz CT molecular complexity index is 3860. The fourth-order valence-electron chi connectivity index (χ4n) is 16.2. The van der Waals surface area contributed by atoms with E-state index in [2.05, 4.69) is 252 Å². The highest BCUT2D eigenvalue weighted by molar-refractivity contribution is 6.09. The zero-order valence-corrected chi connectivity index (χ0v) is 40.8. The third-order valence-electron chi connectivity index (χ3n) is 18.7. The average molecular weight is 935 g/mol. The molecule has 0 amide bonds. The molecule has 1 aromatic heterocycles. The van der Waals surface area contributed by atoms with Gasteiger partial charge in [-0.3, -0.25) is 0 Å². The third-order valence-corrected chi connectivity index (χ3v) is 18.7. The lowest BCUT2D eigenvalue weighted by Gasteiger charge is -2.65. The Morgan fingerprint density at radius 1 is 0.329 bits per heavy atom. The van der Waals surface area contributed by atoms with Crippen LogP contribution in [-0.4, -0.2) is 4.57 Å². The number of benzene rings is 10. The first-order valence-electron chi connectivity index (χ1n) is 26.8.